The minimum Gasteiger partial charge on any atom is -0.444 e. The highest BCUT2D eigenvalue weighted by Gasteiger charge is 2.37. The number of alkyl carbamates (subject to hydrolysis) is 1. The zero-order valence-electron chi connectivity index (χ0n) is 12.6. The Bertz CT molecular complexity index is 574. The molecule has 1 heterocycles. The third-order valence-corrected chi connectivity index (χ3v) is 2.78. The molecule has 0 bridgehead atoms. The number of hydrogen-bond acceptors (Lipinski definition) is 3. The summed E-state index contributed by atoms with van der Waals surface area (Å²) in [6.45, 7) is 5.10. The summed E-state index contributed by atoms with van der Waals surface area (Å²) in [6, 6.07) is 0. The molecule has 1 amide bonds. The molecule has 0 saturated heterocycles. The number of hydrogen-bond donors (Lipinski definition) is 1. The van der Waals surface area contributed by atoms with Crippen molar-refractivity contribution in [3.05, 3.63) is 22.5 Å². The van der Waals surface area contributed by atoms with Crippen molar-refractivity contribution in [1.29, 1.82) is 0 Å². The van der Waals surface area contributed by atoms with Crippen LogP contribution >= 0.6 is 11.6 Å². The summed E-state index contributed by atoms with van der Waals surface area (Å²) in [5.41, 5.74) is -1.97. The molecule has 0 radical (unpaired) electrons. The van der Waals surface area contributed by atoms with Crippen LogP contribution in [0.1, 0.15) is 32.0 Å². The van der Waals surface area contributed by atoms with Crippen molar-refractivity contribution in [2.24, 2.45) is 7.05 Å². The molecular weight excluding hydrogens is 323 g/mol. The van der Waals surface area contributed by atoms with Gasteiger partial charge in [0.25, 0.3) is 0 Å². The van der Waals surface area contributed by atoms with E-state index in [1.54, 1.807) is 20.8 Å². The highest BCUT2D eigenvalue weighted by atomic mass is 35.5. The third kappa shape index (κ3) is 5.25. The number of carbonyl (C=O) groups is 1. The molecule has 0 aliphatic rings. The fourth-order valence-electron chi connectivity index (χ4n) is 1.51. The van der Waals surface area contributed by atoms with Gasteiger partial charge in [-0.15, -0.1) is 0 Å². The van der Waals surface area contributed by atoms with Gasteiger partial charge in [0.15, 0.2) is 5.69 Å². The standard InChI is InChI=1S/C13H17ClF3N3O2/c1-12(2,3)22-11(21)18-7-5-6-8-9(13(15,16)17)19-20(4)10(8)14/h5-6H,7H2,1-4H3,(H,18,21). The lowest BCUT2D eigenvalue weighted by Gasteiger charge is -2.19. The number of amides is 1. The average Bonchev–Trinajstić information content (AvgIpc) is 2.59. The first-order chi connectivity index (χ1) is 9.92. The molecule has 22 heavy (non-hydrogen) atoms. The zero-order valence-corrected chi connectivity index (χ0v) is 13.3. The van der Waals surface area contributed by atoms with Crippen LogP contribution in [0.3, 0.4) is 0 Å². The molecule has 0 atom stereocenters. The molecule has 1 aromatic heterocycles. The van der Waals surface area contributed by atoms with Crippen LogP contribution in [0.5, 0.6) is 0 Å². The number of carbonyl (C=O) groups excluding carboxylic acids is 1. The summed E-state index contributed by atoms with van der Waals surface area (Å²) >= 11 is 5.79. The summed E-state index contributed by atoms with van der Waals surface area (Å²) in [5.74, 6) is 0. The molecule has 0 aliphatic carbocycles. The van der Waals surface area contributed by atoms with E-state index in [-0.39, 0.29) is 17.3 Å². The number of alkyl halides is 3. The predicted molar refractivity (Wildman–Crippen MR) is 76.5 cm³/mol. The normalized spacial score (nSPS) is 12.7. The van der Waals surface area contributed by atoms with E-state index in [1.165, 1.54) is 13.1 Å². The molecule has 0 spiro atoms. The van der Waals surface area contributed by atoms with E-state index in [0.29, 0.717) is 0 Å². The van der Waals surface area contributed by atoms with Crippen LogP contribution in [0.2, 0.25) is 5.15 Å². The van der Waals surface area contributed by atoms with Crippen LogP contribution in [0, 0.1) is 0 Å². The van der Waals surface area contributed by atoms with E-state index in [1.807, 2.05) is 0 Å². The van der Waals surface area contributed by atoms with Gasteiger partial charge in [-0.1, -0.05) is 23.8 Å². The van der Waals surface area contributed by atoms with E-state index < -0.39 is 23.6 Å². The lowest BCUT2D eigenvalue weighted by Crippen LogP contribution is -2.32. The van der Waals surface area contributed by atoms with Crippen LogP contribution in [0.15, 0.2) is 6.08 Å². The van der Waals surface area contributed by atoms with E-state index in [9.17, 15) is 18.0 Å². The first kappa shape index (κ1) is 18.3. The molecule has 0 unspecified atom stereocenters. The monoisotopic (exact) mass is 339 g/mol. The van der Waals surface area contributed by atoms with Gasteiger partial charge in [-0.05, 0) is 20.8 Å². The van der Waals surface area contributed by atoms with Crippen LogP contribution in [0.25, 0.3) is 6.08 Å². The summed E-state index contributed by atoms with van der Waals surface area (Å²) in [5, 5.41) is 5.60. The second kappa shape index (κ2) is 6.60. The number of aromatic nitrogens is 2. The van der Waals surface area contributed by atoms with Crippen LogP contribution < -0.4 is 5.32 Å². The molecule has 0 fully saturated rings. The Morgan fingerprint density at radius 1 is 1.41 bits per heavy atom. The topological polar surface area (TPSA) is 56.2 Å². The van der Waals surface area contributed by atoms with Gasteiger partial charge in [0.05, 0.1) is 0 Å². The van der Waals surface area contributed by atoms with Crippen LogP contribution in [-0.2, 0) is 18.0 Å². The van der Waals surface area contributed by atoms with Crippen molar-refractivity contribution >= 4 is 23.8 Å². The number of ether oxygens (including phenoxy) is 1. The summed E-state index contributed by atoms with van der Waals surface area (Å²) < 4.78 is 44.3. The van der Waals surface area contributed by atoms with E-state index in [0.717, 1.165) is 10.8 Å². The molecule has 0 aliphatic heterocycles. The van der Waals surface area contributed by atoms with Crippen molar-refractivity contribution in [2.45, 2.75) is 32.5 Å². The van der Waals surface area contributed by atoms with Gasteiger partial charge in [0, 0.05) is 19.2 Å². The first-order valence-electron chi connectivity index (χ1n) is 6.35. The SMILES string of the molecule is Cn1nc(C(F)(F)F)c(C=CCNC(=O)OC(C)(C)C)c1Cl. The second-order valence-electron chi connectivity index (χ2n) is 5.46. The molecular formula is C13H17ClF3N3O2. The maximum atomic E-state index is 12.8. The Hall–Kier alpha value is -1.70. The van der Waals surface area contributed by atoms with Crippen molar-refractivity contribution in [3.63, 3.8) is 0 Å². The second-order valence-corrected chi connectivity index (χ2v) is 5.82. The summed E-state index contributed by atoms with van der Waals surface area (Å²) in [7, 11) is 1.31. The Labute approximate surface area is 131 Å². The van der Waals surface area contributed by atoms with E-state index in [2.05, 4.69) is 10.4 Å². The minimum absolute atomic E-state index is 0.00255. The van der Waals surface area contributed by atoms with Crippen molar-refractivity contribution in [3.8, 4) is 0 Å². The van der Waals surface area contributed by atoms with Gasteiger partial charge >= 0.3 is 12.3 Å². The molecule has 0 aromatic carbocycles. The number of rotatable bonds is 3. The van der Waals surface area contributed by atoms with Crippen LogP contribution in [-0.4, -0.2) is 28.0 Å². The zero-order chi connectivity index (χ0) is 17.1. The maximum absolute atomic E-state index is 12.8. The van der Waals surface area contributed by atoms with Crippen molar-refractivity contribution in [1.82, 2.24) is 15.1 Å². The Kier molecular flexibility index (Phi) is 5.50. The predicted octanol–water partition coefficient (Wildman–Crippen LogP) is 3.63. The number of nitrogens with one attached hydrogen (secondary N) is 1. The molecule has 124 valence electrons. The van der Waals surface area contributed by atoms with Gasteiger partial charge in [-0.3, -0.25) is 4.68 Å². The third-order valence-electron chi connectivity index (χ3n) is 2.33. The number of nitrogens with zero attached hydrogens (tertiary/aromatic N) is 2. The molecule has 5 nitrogen and oxygen atoms in total. The maximum Gasteiger partial charge on any atom is 0.435 e. The van der Waals surface area contributed by atoms with Gasteiger partial charge in [-0.25, -0.2) is 4.79 Å². The van der Waals surface area contributed by atoms with E-state index >= 15 is 0 Å². The summed E-state index contributed by atoms with van der Waals surface area (Å²) in [4.78, 5) is 11.4. The fourth-order valence-corrected chi connectivity index (χ4v) is 1.70. The largest absolute Gasteiger partial charge is 0.444 e. The van der Waals surface area contributed by atoms with Gasteiger partial charge in [-0.2, -0.15) is 18.3 Å². The summed E-state index contributed by atoms with van der Waals surface area (Å²) in [6.07, 6.45) is -2.77. The molecule has 0 saturated carbocycles. The Morgan fingerprint density at radius 3 is 2.50 bits per heavy atom. The van der Waals surface area contributed by atoms with Crippen molar-refractivity contribution in [2.75, 3.05) is 6.54 Å². The number of halogens is 4. The smallest absolute Gasteiger partial charge is 0.435 e. The fraction of sp³-hybridized carbons (Fsp3) is 0.538. The van der Waals surface area contributed by atoms with Crippen molar-refractivity contribution < 1.29 is 22.7 Å². The highest BCUT2D eigenvalue weighted by molar-refractivity contribution is 6.31. The minimum atomic E-state index is -4.61. The van der Waals surface area contributed by atoms with Crippen LogP contribution in [0.4, 0.5) is 18.0 Å². The molecule has 1 rings (SSSR count). The molecule has 9 heteroatoms. The van der Waals surface area contributed by atoms with Gasteiger partial charge < -0.3 is 10.1 Å². The Balaban J connectivity index is 2.74. The molecule has 1 N–H and O–H groups in total. The Morgan fingerprint density at radius 2 is 2.00 bits per heavy atom. The van der Waals surface area contributed by atoms with E-state index in [4.69, 9.17) is 16.3 Å². The van der Waals surface area contributed by atoms with Gasteiger partial charge in [0.1, 0.15) is 10.8 Å². The number of aryl methyl sites for hydroxylation is 1. The first-order valence-corrected chi connectivity index (χ1v) is 6.72. The van der Waals surface area contributed by atoms with Gasteiger partial charge in [0.2, 0.25) is 0 Å². The molecule has 1 aromatic rings. The lowest BCUT2D eigenvalue weighted by atomic mass is 10.2. The quantitative estimate of drug-likeness (QED) is 0.915. The lowest BCUT2D eigenvalue weighted by molar-refractivity contribution is -0.141. The average molecular weight is 340 g/mol. The highest BCUT2D eigenvalue weighted by Crippen LogP contribution is 2.34.